The molecule has 2 aromatic rings. The normalized spacial score (nSPS) is 15.0. The predicted octanol–water partition coefficient (Wildman–Crippen LogP) is 3.53. The van der Waals surface area contributed by atoms with Gasteiger partial charge in [-0.1, -0.05) is 88.4 Å². The van der Waals surface area contributed by atoms with E-state index < -0.39 is 21.1 Å². The molecule has 0 unspecified atom stereocenters. The first-order valence-electron chi connectivity index (χ1n) is 8.83. The molecule has 25 heavy (non-hydrogen) atoms. The molecule has 0 saturated heterocycles. The van der Waals surface area contributed by atoms with Crippen LogP contribution >= 0.6 is 0 Å². The van der Waals surface area contributed by atoms with Gasteiger partial charge in [0.2, 0.25) is 0 Å². The number of alkyl halides is 1. The van der Waals surface area contributed by atoms with Gasteiger partial charge in [-0.15, -0.1) is 0 Å². The van der Waals surface area contributed by atoms with E-state index in [1.165, 1.54) is 10.4 Å². The van der Waals surface area contributed by atoms with Crippen LogP contribution in [0.15, 0.2) is 60.7 Å². The monoisotopic (exact) mass is 360 g/mol. The molecular formula is C21H29FO2Si. The van der Waals surface area contributed by atoms with Gasteiger partial charge in [0.25, 0.3) is 8.32 Å². The van der Waals surface area contributed by atoms with Crippen molar-refractivity contribution >= 4 is 18.7 Å². The molecule has 0 saturated carbocycles. The summed E-state index contributed by atoms with van der Waals surface area (Å²) in [5, 5.41) is 11.3. The molecule has 1 N–H and O–H groups in total. The van der Waals surface area contributed by atoms with Gasteiger partial charge in [-0.3, -0.25) is 0 Å². The maximum Gasteiger partial charge on any atom is 0.261 e. The van der Waals surface area contributed by atoms with E-state index in [1.54, 1.807) is 6.92 Å². The Bertz CT molecular complexity index is 600. The van der Waals surface area contributed by atoms with Crippen molar-refractivity contribution in [1.29, 1.82) is 0 Å². The fourth-order valence-corrected chi connectivity index (χ4v) is 7.97. The van der Waals surface area contributed by atoms with Crippen LogP contribution in [0.5, 0.6) is 0 Å². The zero-order valence-corrected chi connectivity index (χ0v) is 16.6. The Hall–Kier alpha value is -1.49. The van der Waals surface area contributed by atoms with E-state index in [-0.39, 0.29) is 17.6 Å². The number of hydrogen-bond acceptors (Lipinski definition) is 2. The second-order valence-corrected chi connectivity index (χ2v) is 12.0. The SMILES string of the molecule is C[C@H](CO[Si](c1ccccc1)(c1ccccc1)C(C)(C)C)[C@H](F)CO. The molecule has 0 bridgehead atoms. The predicted molar refractivity (Wildman–Crippen MR) is 105 cm³/mol. The number of rotatable bonds is 7. The van der Waals surface area contributed by atoms with E-state index in [0.717, 1.165) is 0 Å². The second-order valence-electron chi connectivity index (χ2n) is 7.65. The largest absolute Gasteiger partial charge is 0.407 e. The lowest BCUT2D eigenvalue weighted by molar-refractivity contribution is 0.0996. The lowest BCUT2D eigenvalue weighted by Gasteiger charge is -2.43. The van der Waals surface area contributed by atoms with Crippen molar-refractivity contribution in [2.45, 2.75) is 38.9 Å². The molecule has 0 amide bonds. The van der Waals surface area contributed by atoms with Crippen molar-refractivity contribution in [2.24, 2.45) is 5.92 Å². The Balaban J connectivity index is 2.53. The summed E-state index contributed by atoms with van der Waals surface area (Å²) in [5.41, 5.74) is 0. The highest BCUT2D eigenvalue weighted by atomic mass is 28.4. The van der Waals surface area contributed by atoms with E-state index in [4.69, 9.17) is 9.53 Å². The maximum absolute atomic E-state index is 13.9. The highest BCUT2D eigenvalue weighted by Crippen LogP contribution is 2.37. The second kappa shape index (κ2) is 8.26. The van der Waals surface area contributed by atoms with Gasteiger partial charge in [0, 0.05) is 12.5 Å². The Morgan fingerprint density at radius 3 is 1.76 bits per heavy atom. The fraction of sp³-hybridized carbons (Fsp3) is 0.429. The summed E-state index contributed by atoms with van der Waals surface area (Å²) >= 11 is 0. The van der Waals surface area contributed by atoms with Gasteiger partial charge in [-0.25, -0.2) is 4.39 Å². The molecule has 2 nitrogen and oxygen atoms in total. The Morgan fingerprint density at radius 2 is 1.40 bits per heavy atom. The third-order valence-corrected chi connectivity index (χ3v) is 9.78. The Labute approximate surface area is 151 Å². The molecule has 136 valence electrons. The fourth-order valence-electron chi connectivity index (χ4n) is 3.30. The van der Waals surface area contributed by atoms with Crippen LogP contribution in [0.25, 0.3) is 0 Å². The molecular weight excluding hydrogens is 331 g/mol. The smallest absolute Gasteiger partial charge is 0.261 e. The van der Waals surface area contributed by atoms with Gasteiger partial charge >= 0.3 is 0 Å². The molecule has 0 aliphatic carbocycles. The topological polar surface area (TPSA) is 29.5 Å². The molecule has 0 radical (unpaired) electrons. The van der Waals surface area contributed by atoms with Crippen molar-refractivity contribution in [2.75, 3.05) is 13.2 Å². The molecule has 2 aromatic carbocycles. The average molecular weight is 361 g/mol. The summed E-state index contributed by atoms with van der Waals surface area (Å²) in [6.07, 6.45) is -1.27. The first-order valence-corrected chi connectivity index (χ1v) is 10.7. The molecule has 2 atom stereocenters. The summed E-state index contributed by atoms with van der Waals surface area (Å²) in [6, 6.07) is 20.6. The highest BCUT2D eigenvalue weighted by Gasteiger charge is 2.50. The van der Waals surface area contributed by atoms with Crippen molar-refractivity contribution in [3.63, 3.8) is 0 Å². The first-order chi connectivity index (χ1) is 11.8. The molecule has 0 aliphatic heterocycles. The van der Waals surface area contributed by atoms with Crippen molar-refractivity contribution < 1.29 is 13.9 Å². The van der Waals surface area contributed by atoms with Crippen LogP contribution in [0.4, 0.5) is 4.39 Å². The van der Waals surface area contributed by atoms with E-state index in [1.807, 2.05) is 36.4 Å². The van der Waals surface area contributed by atoms with Gasteiger partial charge in [-0.2, -0.15) is 0 Å². The van der Waals surface area contributed by atoms with E-state index >= 15 is 0 Å². The molecule has 0 aliphatic rings. The number of benzene rings is 2. The zero-order valence-electron chi connectivity index (χ0n) is 15.6. The van der Waals surface area contributed by atoms with Crippen LogP contribution < -0.4 is 10.4 Å². The minimum Gasteiger partial charge on any atom is -0.407 e. The first kappa shape index (κ1) is 19.8. The molecule has 0 aromatic heterocycles. The molecule has 4 heteroatoms. The zero-order chi connectivity index (χ0) is 18.5. The Morgan fingerprint density at radius 1 is 0.960 bits per heavy atom. The van der Waals surface area contributed by atoms with E-state index in [9.17, 15) is 4.39 Å². The van der Waals surface area contributed by atoms with Gasteiger partial charge in [0.1, 0.15) is 6.17 Å². The summed E-state index contributed by atoms with van der Waals surface area (Å²) in [5.74, 6) is -0.355. The summed E-state index contributed by atoms with van der Waals surface area (Å²) < 4.78 is 20.5. The van der Waals surface area contributed by atoms with Crippen molar-refractivity contribution in [1.82, 2.24) is 0 Å². The number of aliphatic hydroxyl groups excluding tert-OH is 1. The number of halogens is 1. The van der Waals surface area contributed by atoms with Crippen LogP contribution in [0, 0.1) is 5.92 Å². The number of aliphatic hydroxyl groups is 1. The molecule has 0 fully saturated rings. The third-order valence-electron chi connectivity index (χ3n) is 4.77. The molecule has 0 heterocycles. The van der Waals surface area contributed by atoms with Gasteiger partial charge in [0.15, 0.2) is 0 Å². The minimum absolute atomic E-state index is 0.125. The van der Waals surface area contributed by atoms with Gasteiger partial charge in [-0.05, 0) is 15.4 Å². The maximum atomic E-state index is 13.9. The Kier molecular flexibility index (Phi) is 6.55. The van der Waals surface area contributed by atoms with Crippen LogP contribution in [0.2, 0.25) is 5.04 Å². The average Bonchev–Trinajstić information content (AvgIpc) is 2.62. The van der Waals surface area contributed by atoms with Crippen molar-refractivity contribution in [3.8, 4) is 0 Å². The van der Waals surface area contributed by atoms with Crippen LogP contribution in [0.1, 0.15) is 27.7 Å². The van der Waals surface area contributed by atoms with Crippen LogP contribution in [-0.2, 0) is 4.43 Å². The van der Waals surface area contributed by atoms with Crippen LogP contribution in [0.3, 0.4) is 0 Å². The van der Waals surface area contributed by atoms with Gasteiger partial charge < -0.3 is 9.53 Å². The summed E-state index contributed by atoms with van der Waals surface area (Å²) in [6.45, 7) is 8.20. The summed E-state index contributed by atoms with van der Waals surface area (Å²) in [7, 11) is -2.62. The van der Waals surface area contributed by atoms with E-state index in [2.05, 4.69) is 45.0 Å². The minimum atomic E-state index is -2.62. The quantitative estimate of drug-likeness (QED) is 0.766. The van der Waals surface area contributed by atoms with Gasteiger partial charge in [0.05, 0.1) is 6.61 Å². The lowest BCUT2D eigenvalue weighted by atomic mass is 10.1. The molecule has 2 rings (SSSR count). The summed E-state index contributed by atoms with van der Waals surface area (Å²) in [4.78, 5) is 0. The lowest BCUT2D eigenvalue weighted by Crippen LogP contribution is -2.67. The number of hydrogen-bond donors (Lipinski definition) is 1. The van der Waals surface area contributed by atoms with Crippen molar-refractivity contribution in [3.05, 3.63) is 60.7 Å². The highest BCUT2D eigenvalue weighted by molar-refractivity contribution is 6.99. The van der Waals surface area contributed by atoms with E-state index in [0.29, 0.717) is 0 Å². The molecule has 0 spiro atoms. The third kappa shape index (κ3) is 4.19. The van der Waals surface area contributed by atoms with Crippen LogP contribution in [-0.4, -0.2) is 32.8 Å². The standard InChI is InChI=1S/C21H29FO2Si/c1-17(20(22)15-23)16-24-25(21(2,3)4,18-11-7-5-8-12-18)19-13-9-6-10-14-19/h5-14,17,20,23H,15-16H2,1-4H3/t17-,20-/m1/s1.